The number of nitrogens with zero attached hydrogens (tertiary/aromatic N) is 3. The van der Waals surface area contributed by atoms with Crippen LogP contribution in [-0.2, 0) is 13.1 Å². The van der Waals surface area contributed by atoms with E-state index in [0.717, 1.165) is 36.9 Å². The number of aryl methyl sites for hydroxylation is 3. The largest absolute Gasteiger partial charge is 0.355 e. The molecule has 0 aliphatic rings. The number of imidazole rings is 1. The first-order chi connectivity index (χ1) is 12.6. The SMILES string of the molecule is CN=C(NCCn1c(C)nc2ccccc21)NCc1ccc(C)cc1C.I. The molecule has 0 spiro atoms. The molecule has 1 heterocycles. The fourth-order valence-corrected chi connectivity index (χ4v) is 3.21. The summed E-state index contributed by atoms with van der Waals surface area (Å²) in [5.74, 6) is 1.85. The molecule has 2 N–H and O–H groups in total. The molecule has 3 aromatic rings. The maximum Gasteiger partial charge on any atom is 0.191 e. The maximum absolute atomic E-state index is 4.61. The monoisotopic (exact) mass is 477 g/mol. The van der Waals surface area contributed by atoms with Gasteiger partial charge in [0.1, 0.15) is 5.82 Å². The Morgan fingerprint density at radius 1 is 1.07 bits per heavy atom. The number of aromatic nitrogens is 2. The zero-order chi connectivity index (χ0) is 18.5. The number of aliphatic imine (C=N–C) groups is 1. The van der Waals surface area contributed by atoms with E-state index in [9.17, 15) is 0 Å². The molecule has 0 radical (unpaired) electrons. The van der Waals surface area contributed by atoms with E-state index in [4.69, 9.17) is 0 Å². The minimum absolute atomic E-state index is 0. The molecule has 2 aromatic carbocycles. The highest BCUT2D eigenvalue weighted by molar-refractivity contribution is 14.0. The van der Waals surface area contributed by atoms with Crippen LogP contribution in [0.1, 0.15) is 22.5 Å². The zero-order valence-electron chi connectivity index (χ0n) is 16.4. The number of fused-ring (bicyclic) bond motifs is 1. The van der Waals surface area contributed by atoms with Crippen molar-refractivity contribution in [2.24, 2.45) is 4.99 Å². The first kappa shape index (κ1) is 21.2. The lowest BCUT2D eigenvalue weighted by Crippen LogP contribution is -2.38. The van der Waals surface area contributed by atoms with E-state index in [1.807, 2.05) is 13.0 Å². The van der Waals surface area contributed by atoms with Crippen molar-refractivity contribution < 1.29 is 0 Å². The van der Waals surface area contributed by atoms with Crippen LogP contribution in [0.4, 0.5) is 0 Å². The molecule has 6 heteroatoms. The van der Waals surface area contributed by atoms with Gasteiger partial charge in [0, 0.05) is 26.7 Å². The summed E-state index contributed by atoms with van der Waals surface area (Å²) in [6.07, 6.45) is 0. The van der Waals surface area contributed by atoms with Crippen LogP contribution in [0.3, 0.4) is 0 Å². The quantitative estimate of drug-likeness (QED) is 0.333. The Balaban J connectivity index is 0.00000261. The molecule has 0 saturated heterocycles. The summed E-state index contributed by atoms with van der Waals surface area (Å²) >= 11 is 0. The number of para-hydroxylation sites is 2. The van der Waals surface area contributed by atoms with E-state index >= 15 is 0 Å². The number of guanidine groups is 1. The number of hydrogen-bond donors (Lipinski definition) is 2. The van der Waals surface area contributed by atoms with Gasteiger partial charge in [-0.1, -0.05) is 35.9 Å². The van der Waals surface area contributed by atoms with Crippen molar-refractivity contribution in [1.29, 1.82) is 0 Å². The summed E-state index contributed by atoms with van der Waals surface area (Å²) in [6, 6.07) is 14.8. The maximum atomic E-state index is 4.61. The molecule has 0 amide bonds. The molecule has 0 saturated carbocycles. The van der Waals surface area contributed by atoms with Crippen molar-refractivity contribution in [3.63, 3.8) is 0 Å². The van der Waals surface area contributed by atoms with Crippen LogP contribution < -0.4 is 10.6 Å². The molecule has 144 valence electrons. The fraction of sp³-hybridized carbons (Fsp3) is 0.333. The highest BCUT2D eigenvalue weighted by Gasteiger charge is 2.07. The Labute approximate surface area is 178 Å². The lowest BCUT2D eigenvalue weighted by atomic mass is 10.1. The number of rotatable bonds is 5. The normalized spacial score (nSPS) is 11.3. The zero-order valence-corrected chi connectivity index (χ0v) is 18.7. The second-order valence-electron chi connectivity index (χ2n) is 6.58. The van der Waals surface area contributed by atoms with Gasteiger partial charge in [0.05, 0.1) is 11.0 Å². The van der Waals surface area contributed by atoms with Gasteiger partial charge in [-0.15, -0.1) is 24.0 Å². The third kappa shape index (κ3) is 5.22. The van der Waals surface area contributed by atoms with Crippen molar-refractivity contribution in [3.05, 3.63) is 65.0 Å². The topological polar surface area (TPSA) is 54.2 Å². The van der Waals surface area contributed by atoms with Crippen molar-refractivity contribution in [1.82, 2.24) is 20.2 Å². The molecule has 3 rings (SSSR count). The van der Waals surface area contributed by atoms with Gasteiger partial charge < -0.3 is 15.2 Å². The van der Waals surface area contributed by atoms with Gasteiger partial charge in [0.15, 0.2) is 5.96 Å². The average molecular weight is 477 g/mol. The van der Waals surface area contributed by atoms with Crippen LogP contribution in [0.25, 0.3) is 11.0 Å². The Kier molecular flexibility index (Phi) is 7.65. The molecular formula is C21H28IN5. The third-order valence-electron chi connectivity index (χ3n) is 4.64. The van der Waals surface area contributed by atoms with Crippen LogP contribution in [0.15, 0.2) is 47.5 Å². The van der Waals surface area contributed by atoms with Crippen molar-refractivity contribution >= 4 is 41.0 Å². The lowest BCUT2D eigenvalue weighted by molar-refractivity contribution is 0.660. The Hall–Kier alpha value is -2.09. The van der Waals surface area contributed by atoms with Gasteiger partial charge in [0.25, 0.3) is 0 Å². The predicted octanol–water partition coefficient (Wildman–Crippen LogP) is 3.94. The van der Waals surface area contributed by atoms with E-state index in [0.29, 0.717) is 0 Å². The average Bonchev–Trinajstić information content (AvgIpc) is 2.94. The van der Waals surface area contributed by atoms with Gasteiger partial charge in [-0.3, -0.25) is 4.99 Å². The van der Waals surface area contributed by atoms with Crippen LogP contribution in [0.2, 0.25) is 0 Å². The highest BCUT2D eigenvalue weighted by atomic mass is 127. The third-order valence-corrected chi connectivity index (χ3v) is 4.64. The minimum Gasteiger partial charge on any atom is -0.355 e. The number of benzene rings is 2. The first-order valence-electron chi connectivity index (χ1n) is 9.01. The van der Waals surface area contributed by atoms with E-state index in [1.54, 1.807) is 7.05 Å². The molecule has 0 aliphatic carbocycles. The molecule has 0 unspecified atom stereocenters. The van der Waals surface area contributed by atoms with E-state index < -0.39 is 0 Å². The molecule has 0 bridgehead atoms. The Bertz CT molecular complexity index is 929. The second kappa shape index (κ2) is 9.73. The van der Waals surface area contributed by atoms with Gasteiger partial charge >= 0.3 is 0 Å². The highest BCUT2D eigenvalue weighted by Crippen LogP contribution is 2.14. The molecule has 5 nitrogen and oxygen atoms in total. The summed E-state index contributed by atoms with van der Waals surface area (Å²) in [5, 5.41) is 6.78. The van der Waals surface area contributed by atoms with Crippen molar-refractivity contribution in [3.8, 4) is 0 Å². The molecule has 0 atom stereocenters. The number of halogens is 1. The van der Waals surface area contributed by atoms with Crippen LogP contribution in [0.5, 0.6) is 0 Å². The van der Waals surface area contributed by atoms with E-state index in [-0.39, 0.29) is 24.0 Å². The van der Waals surface area contributed by atoms with Gasteiger partial charge in [-0.2, -0.15) is 0 Å². The lowest BCUT2D eigenvalue weighted by Gasteiger charge is -2.14. The summed E-state index contributed by atoms with van der Waals surface area (Å²) in [4.78, 5) is 8.94. The van der Waals surface area contributed by atoms with Crippen LogP contribution in [0, 0.1) is 20.8 Å². The standard InChI is InChI=1S/C21H27N5.HI/c1-15-9-10-18(16(2)13-15)14-24-21(22-4)23-11-12-26-17(3)25-19-7-5-6-8-20(19)26;/h5-10,13H,11-12,14H2,1-4H3,(H2,22,23,24);1H. The summed E-state index contributed by atoms with van der Waals surface area (Å²) in [5.41, 5.74) is 6.09. The van der Waals surface area contributed by atoms with Crippen molar-refractivity contribution in [2.75, 3.05) is 13.6 Å². The molecule has 0 fully saturated rings. The predicted molar refractivity (Wildman–Crippen MR) is 124 cm³/mol. The van der Waals surface area contributed by atoms with Crippen LogP contribution in [-0.4, -0.2) is 29.1 Å². The molecule has 0 aliphatic heterocycles. The van der Waals surface area contributed by atoms with Gasteiger partial charge in [0.2, 0.25) is 0 Å². The van der Waals surface area contributed by atoms with Gasteiger partial charge in [-0.05, 0) is 44.0 Å². The van der Waals surface area contributed by atoms with E-state index in [1.165, 1.54) is 22.2 Å². The van der Waals surface area contributed by atoms with Crippen LogP contribution >= 0.6 is 24.0 Å². The summed E-state index contributed by atoms with van der Waals surface area (Å²) in [7, 11) is 1.80. The molecular weight excluding hydrogens is 449 g/mol. The van der Waals surface area contributed by atoms with Crippen molar-refractivity contribution in [2.45, 2.75) is 33.9 Å². The first-order valence-corrected chi connectivity index (χ1v) is 9.01. The Morgan fingerprint density at radius 3 is 2.59 bits per heavy atom. The van der Waals surface area contributed by atoms with E-state index in [2.05, 4.69) is 75.4 Å². The smallest absolute Gasteiger partial charge is 0.191 e. The molecule has 27 heavy (non-hydrogen) atoms. The minimum atomic E-state index is 0. The summed E-state index contributed by atoms with van der Waals surface area (Å²) in [6.45, 7) is 8.70. The molecule has 1 aromatic heterocycles. The number of hydrogen-bond acceptors (Lipinski definition) is 2. The second-order valence-corrected chi connectivity index (χ2v) is 6.58. The summed E-state index contributed by atoms with van der Waals surface area (Å²) < 4.78 is 2.24. The fourth-order valence-electron chi connectivity index (χ4n) is 3.21. The number of nitrogens with one attached hydrogen (secondary N) is 2. The van der Waals surface area contributed by atoms with Gasteiger partial charge in [-0.25, -0.2) is 4.98 Å². The Morgan fingerprint density at radius 2 is 1.85 bits per heavy atom.